The van der Waals surface area contributed by atoms with E-state index in [9.17, 15) is 13.6 Å². The molecule has 150 valence electrons. The van der Waals surface area contributed by atoms with Gasteiger partial charge in [-0.1, -0.05) is 12.1 Å². The Morgan fingerprint density at radius 1 is 1.18 bits per heavy atom. The molecule has 1 spiro atoms. The fourth-order valence-corrected chi connectivity index (χ4v) is 4.80. The van der Waals surface area contributed by atoms with E-state index in [1.165, 1.54) is 0 Å². The number of halogens is 2. The van der Waals surface area contributed by atoms with Crippen LogP contribution in [0.15, 0.2) is 28.7 Å². The van der Waals surface area contributed by atoms with Gasteiger partial charge >= 0.3 is 0 Å². The molecule has 0 saturated carbocycles. The van der Waals surface area contributed by atoms with Gasteiger partial charge in [-0.25, -0.2) is 8.78 Å². The molecule has 2 aliphatic rings. The smallest absolute Gasteiger partial charge is 0.289 e. The summed E-state index contributed by atoms with van der Waals surface area (Å²) >= 11 is 0. The largest absolute Gasteiger partial charge is 0.456 e. The second-order valence-corrected chi connectivity index (χ2v) is 8.37. The van der Waals surface area contributed by atoms with Gasteiger partial charge in [-0.2, -0.15) is 0 Å². The fourth-order valence-electron chi connectivity index (χ4n) is 4.80. The van der Waals surface area contributed by atoms with E-state index in [2.05, 4.69) is 4.90 Å². The van der Waals surface area contributed by atoms with Crippen molar-refractivity contribution in [3.63, 3.8) is 0 Å². The summed E-state index contributed by atoms with van der Waals surface area (Å²) in [5.41, 5.74) is 1.28. The number of nitrogens with zero attached hydrogens (tertiary/aromatic N) is 2. The molecule has 4 rings (SSSR count). The quantitative estimate of drug-likeness (QED) is 0.787. The monoisotopic (exact) mass is 388 g/mol. The highest BCUT2D eigenvalue weighted by Gasteiger charge is 2.43. The van der Waals surface area contributed by atoms with Crippen molar-refractivity contribution in [1.29, 1.82) is 0 Å². The van der Waals surface area contributed by atoms with Crippen LogP contribution >= 0.6 is 0 Å². The van der Waals surface area contributed by atoms with Gasteiger partial charge in [0.15, 0.2) is 17.4 Å². The number of benzene rings is 1. The SMILES string of the molecule is Cc1cc(C)c(C(=O)N2CC[C@]3(CCCN(Cc4cccc(F)c4F)C3)C2)o1. The fraction of sp³-hybridized carbons (Fsp3) is 0.500. The molecule has 2 fully saturated rings. The zero-order valence-corrected chi connectivity index (χ0v) is 16.4. The number of hydrogen-bond acceptors (Lipinski definition) is 3. The van der Waals surface area contributed by atoms with Crippen LogP contribution in [0, 0.1) is 30.9 Å². The topological polar surface area (TPSA) is 36.7 Å². The number of amides is 1. The lowest BCUT2D eigenvalue weighted by Gasteiger charge is -2.40. The molecule has 1 amide bonds. The highest BCUT2D eigenvalue weighted by molar-refractivity contribution is 5.93. The van der Waals surface area contributed by atoms with E-state index in [0.717, 1.165) is 49.7 Å². The number of carbonyl (C=O) groups excluding carboxylic acids is 1. The Bertz CT molecular complexity index is 895. The molecule has 0 unspecified atom stereocenters. The van der Waals surface area contributed by atoms with E-state index in [0.29, 0.717) is 31.0 Å². The van der Waals surface area contributed by atoms with Crippen LogP contribution in [0.3, 0.4) is 0 Å². The van der Waals surface area contributed by atoms with Gasteiger partial charge < -0.3 is 9.32 Å². The minimum Gasteiger partial charge on any atom is -0.456 e. The number of furan rings is 1. The molecule has 1 atom stereocenters. The van der Waals surface area contributed by atoms with Crippen molar-refractivity contribution in [2.45, 2.75) is 39.7 Å². The van der Waals surface area contributed by atoms with E-state index in [1.807, 2.05) is 24.8 Å². The van der Waals surface area contributed by atoms with Gasteiger partial charge in [0.25, 0.3) is 5.91 Å². The Balaban J connectivity index is 1.45. The first-order valence-electron chi connectivity index (χ1n) is 9.88. The van der Waals surface area contributed by atoms with Crippen molar-refractivity contribution in [3.8, 4) is 0 Å². The van der Waals surface area contributed by atoms with E-state index < -0.39 is 11.6 Å². The van der Waals surface area contributed by atoms with Crippen molar-refractivity contribution in [2.75, 3.05) is 26.2 Å². The normalized spacial score (nSPS) is 22.9. The molecule has 3 heterocycles. The molecule has 4 nitrogen and oxygen atoms in total. The van der Waals surface area contributed by atoms with Crippen LogP contribution in [0.5, 0.6) is 0 Å². The van der Waals surface area contributed by atoms with E-state index in [4.69, 9.17) is 4.42 Å². The Kier molecular flexibility index (Phi) is 5.00. The molecule has 1 aromatic heterocycles. The molecule has 0 bridgehead atoms. The van der Waals surface area contributed by atoms with Crippen LogP contribution in [0.25, 0.3) is 0 Å². The van der Waals surface area contributed by atoms with Crippen LogP contribution in [-0.2, 0) is 6.54 Å². The van der Waals surface area contributed by atoms with Crippen molar-refractivity contribution >= 4 is 5.91 Å². The van der Waals surface area contributed by atoms with Crippen molar-refractivity contribution in [2.24, 2.45) is 5.41 Å². The molecule has 2 aromatic rings. The Labute approximate surface area is 164 Å². The molecule has 0 N–H and O–H groups in total. The molecule has 1 aromatic carbocycles. The first kappa shape index (κ1) is 19.1. The molecular weight excluding hydrogens is 362 g/mol. The zero-order valence-electron chi connectivity index (χ0n) is 16.4. The van der Waals surface area contributed by atoms with Crippen molar-refractivity contribution in [1.82, 2.24) is 9.80 Å². The predicted molar refractivity (Wildman–Crippen MR) is 102 cm³/mol. The van der Waals surface area contributed by atoms with E-state index in [1.54, 1.807) is 12.1 Å². The summed E-state index contributed by atoms with van der Waals surface area (Å²) in [5, 5.41) is 0. The highest BCUT2D eigenvalue weighted by Crippen LogP contribution is 2.40. The van der Waals surface area contributed by atoms with Gasteiger partial charge in [0.1, 0.15) is 5.76 Å². The summed E-state index contributed by atoms with van der Waals surface area (Å²) in [5.74, 6) is -0.421. The van der Waals surface area contributed by atoms with E-state index in [-0.39, 0.29) is 11.3 Å². The van der Waals surface area contributed by atoms with Gasteiger partial charge in [0.2, 0.25) is 0 Å². The lowest BCUT2D eigenvalue weighted by Crippen LogP contribution is -2.45. The van der Waals surface area contributed by atoms with Gasteiger partial charge in [-0.05, 0) is 51.8 Å². The van der Waals surface area contributed by atoms with E-state index >= 15 is 0 Å². The van der Waals surface area contributed by atoms with Crippen LogP contribution in [-0.4, -0.2) is 41.9 Å². The van der Waals surface area contributed by atoms with Gasteiger partial charge in [0.05, 0.1) is 0 Å². The van der Waals surface area contributed by atoms with Gasteiger partial charge in [-0.3, -0.25) is 9.69 Å². The lowest BCUT2D eigenvalue weighted by molar-refractivity contribution is 0.0647. The number of aryl methyl sites for hydroxylation is 2. The second kappa shape index (κ2) is 7.32. The molecule has 2 aliphatic heterocycles. The average molecular weight is 388 g/mol. The van der Waals surface area contributed by atoms with Crippen LogP contribution in [0.4, 0.5) is 8.78 Å². The Morgan fingerprint density at radius 2 is 2.00 bits per heavy atom. The standard InChI is InChI=1S/C22H26F2N2O2/c1-15-11-16(2)28-20(15)21(27)26-10-8-22(14-26)7-4-9-25(13-22)12-17-5-3-6-18(23)19(17)24/h3,5-6,11H,4,7-10,12-14H2,1-2H3/t22-/m0/s1. The number of hydrogen-bond donors (Lipinski definition) is 0. The average Bonchev–Trinajstić information content (AvgIpc) is 3.21. The maximum Gasteiger partial charge on any atom is 0.289 e. The molecule has 6 heteroatoms. The second-order valence-electron chi connectivity index (χ2n) is 8.37. The predicted octanol–water partition coefficient (Wildman–Crippen LogP) is 4.30. The van der Waals surface area contributed by atoms with Gasteiger partial charge in [0, 0.05) is 42.7 Å². The third-order valence-corrected chi connectivity index (χ3v) is 6.13. The molecular formula is C22H26F2N2O2. The molecule has 28 heavy (non-hydrogen) atoms. The van der Waals surface area contributed by atoms with Gasteiger partial charge in [-0.15, -0.1) is 0 Å². The first-order chi connectivity index (χ1) is 13.4. The summed E-state index contributed by atoms with van der Waals surface area (Å²) in [6.45, 7) is 7.19. The third kappa shape index (κ3) is 3.58. The van der Waals surface area contributed by atoms with Crippen LogP contribution in [0.1, 0.15) is 46.7 Å². The van der Waals surface area contributed by atoms with Crippen molar-refractivity contribution in [3.05, 3.63) is 58.5 Å². The third-order valence-electron chi connectivity index (χ3n) is 6.13. The maximum atomic E-state index is 14.1. The number of piperidine rings is 1. The summed E-state index contributed by atoms with van der Waals surface area (Å²) in [7, 11) is 0. The molecule has 2 saturated heterocycles. The lowest BCUT2D eigenvalue weighted by atomic mass is 9.79. The highest BCUT2D eigenvalue weighted by atomic mass is 19.2. The number of likely N-dealkylation sites (tertiary alicyclic amines) is 2. The minimum absolute atomic E-state index is 0.0211. The minimum atomic E-state index is -0.800. The summed E-state index contributed by atoms with van der Waals surface area (Å²) in [6, 6.07) is 6.23. The molecule has 0 radical (unpaired) electrons. The maximum absolute atomic E-state index is 14.1. The van der Waals surface area contributed by atoms with Crippen LogP contribution < -0.4 is 0 Å². The summed E-state index contributed by atoms with van der Waals surface area (Å²) in [4.78, 5) is 17.0. The number of carbonyl (C=O) groups is 1. The Morgan fingerprint density at radius 3 is 2.75 bits per heavy atom. The Hall–Kier alpha value is -2.21. The van der Waals surface area contributed by atoms with Crippen molar-refractivity contribution < 1.29 is 18.0 Å². The number of rotatable bonds is 3. The summed E-state index contributed by atoms with van der Waals surface area (Å²) < 4.78 is 33.2. The first-order valence-corrected chi connectivity index (χ1v) is 9.88. The zero-order chi connectivity index (χ0) is 19.9. The molecule has 0 aliphatic carbocycles. The summed E-state index contributed by atoms with van der Waals surface area (Å²) in [6.07, 6.45) is 2.98. The van der Waals surface area contributed by atoms with Crippen LogP contribution in [0.2, 0.25) is 0 Å².